The molecule has 0 aliphatic rings. The molecule has 0 spiro atoms. The highest BCUT2D eigenvalue weighted by molar-refractivity contribution is 5.98. The smallest absolute Gasteiger partial charge is 0.289 e. The lowest BCUT2D eigenvalue weighted by atomic mass is 10.1. The fourth-order valence-corrected chi connectivity index (χ4v) is 1.87. The number of benzene rings is 1. The van der Waals surface area contributed by atoms with Crippen LogP contribution >= 0.6 is 0 Å². The number of carbonyl (C=O) groups is 1. The maximum absolute atomic E-state index is 12.3. The van der Waals surface area contributed by atoms with Crippen molar-refractivity contribution in [1.29, 1.82) is 0 Å². The molecule has 0 atom stereocenters. The molecular formula is C15H18N2O2. The van der Waals surface area contributed by atoms with Crippen molar-refractivity contribution in [2.75, 3.05) is 27.2 Å². The molecule has 0 saturated carbocycles. The van der Waals surface area contributed by atoms with E-state index in [4.69, 9.17) is 4.42 Å². The zero-order valence-corrected chi connectivity index (χ0v) is 11.2. The van der Waals surface area contributed by atoms with Gasteiger partial charge < -0.3 is 14.6 Å². The third-order valence-corrected chi connectivity index (χ3v) is 2.99. The Morgan fingerprint density at radius 3 is 2.68 bits per heavy atom. The second-order valence-electron chi connectivity index (χ2n) is 4.36. The molecule has 1 N–H and O–H groups in total. The number of rotatable bonds is 5. The fraction of sp³-hybridized carbons (Fsp3) is 0.267. The van der Waals surface area contributed by atoms with Crippen molar-refractivity contribution in [3.63, 3.8) is 0 Å². The molecule has 0 saturated heterocycles. The summed E-state index contributed by atoms with van der Waals surface area (Å²) in [5.41, 5.74) is 1.82. The van der Waals surface area contributed by atoms with Crippen LogP contribution in [0.5, 0.6) is 0 Å². The molecule has 4 nitrogen and oxygen atoms in total. The van der Waals surface area contributed by atoms with Gasteiger partial charge in [0, 0.05) is 25.7 Å². The molecule has 1 aromatic heterocycles. The van der Waals surface area contributed by atoms with Crippen molar-refractivity contribution in [2.45, 2.75) is 0 Å². The largest absolute Gasteiger partial charge is 0.459 e. The first-order chi connectivity index (χ1) is 9.24. The number of furan rings is 1. The van der Waals surface area contributed by atoms with Gasteiger partial charge in [-0.25, -0.2) is 0 Å². The van der Waals surface area contributed by atoms with Crippen LogP contribution in [0.2, 0.25) is 0 Å². The Morgan fingerprint density at radius 2 is 2.00 bits per heavy atom. The van der Waals surface area contributed by atoms with E-state index < -0.39 is 0 Å². The van der Waals surface area contributed by atoms with Gasteiger partial charge in [0.25, 0.3) is 5.91 Å². The summed E-state index contributed by atoms with van der Waals surface area (Å²) >= 11 is 0. The number of hydrogen-bond acceptors (Lipinski definition) is 3. The first kappa shape index (κ1) is 13.4. The third kappa shape index (κ3) is 3.03. The lowest BCUT2D eigenvalue weighted by molar-refractivity contribution is 0.0766. The molecule has 1 amide bonds. The van der Waals surface area contributed by atoms with E-state index in [-0.39, 0.29) is 5.91 Å². The predicted molar refractivity (Wildman–Crippen MR) is 75.0 cm³/mol. The summed E-state index contributed by atoms with van der Waals surface area (Å²) in [5.74, 6) is 0.295. The topological polar surface area (TPSA) is 45.5 Å². The first-order valence-corrected chi connectivity index (χ1v) is 6.27. The molecular weight excluding hydrogens is 240 g/mol. The number of nitrogens with zero attached hydrogens (tertiary/aromatic N) is 1. The fourth-order valence-electron chi connectivity index (χ4n) is 1.87. The van der Waals surface area contributed by atoms with E-state index in [0.717, 1.165) is 17.7 Å². The molecule has 0 aliphatic heterocycles. The minimum Gasteiger partial charge on any atom is -0.459 e. The zero-order chi connectivity index (χ0) is 13.7. The van der Waals surface area contributed by atoms with Gasteiger partial charge in [-0.2, -0.15) is 0 Å². The van der Waals surface area contributed by atoms with Gasteiger partial charge in [-0.05, 0) is 18.7 Å². The van der Waals surface area contributed by atoms with Crippen LogP contribution in [0, 0.1) is 0 Å². The van der Waals surface area contributed by atoms with E-state index in [1.54, 1.807) is 18.2 Å². The SMILES string of the molecule is CNCCN(C)C(=O)c1occc1-c1ccccc1. The first-order valence-electron chi connectivity index (χ1n) is 6.27. The van der Waals surface area contributed by atoms with E-state index in [2.05, 4.69) is 5.32 Å². The molecule has 1 aromatic carbocycles. The Hall–Kier alpha value is -2.07. The molecule has 100 valence electrons. The predicted octanol–water partition coefficient (Wildman–Crippen LogP) is 2.24. The summed E-state index contributed by atoms with van der Waals surface area (Å²) in [6, 6.07) is 11.6. The van der Waals surface area contributed by atoms with Gasteiger partial charge in [-0.1, -0.05) is 30.3 Å². The molecule has 19 heavy (non-hydrogen) atoms. The molecule has 2 aromatic rings. The second-order valence-corrected chi connectivity index (χ2v) is 4.36. The number of likely N-dealkylation sites (N-methyl/N-ethyl adjacent to an activating group) is 2. The Bertz CT molecular complexity index is 534. The maximum Gasteiger partial charge on any atom is 0.289 e. The Kier molecular flexibility index (Phi) is 4.36. The summed E-state index contributed by atoms with van der Waals surface area (Å²) in [6.45, 7) is 1.40. The Balaban J connectivity index is 2.22. The highest BCUT2D eigenvalue weighted by atomic mass is 16.3. The van der Waals surface area contributed by atoms with Crippen molar-refractivity contribution in [3.8, 4) is 11.1 Å². The quantitative estimate of drug-likeness (QED) is 0.894. The van der Waals surface area contributed by atoms with Crippen LogP contribution in [0.4, 0.5) is 0 Å². The number of hydrogen-bond donors (Lipinski definition) is 1. The van der Waals surface area contributed by atoms with E-state index in [0.29, 0.717) is 12.3 Å². The van der Waals surface area contributed by atoms with Crippen LogP contribution in [-0.4, -0.2) is 38.0 Å². The zero-order valence-electron chi connectivity index (χ0n) is 11.2. The van der Waals surface area contributed by atoms with Crippen molar-refractivity contribution in [2.24, 2.45) is 0 Å². The molecule has 0 fully saturated rings. The van der Waals surface area contributed by atoms with Crippen LogP contribution < -0.4 is 5.32 Å². The summed E-state index contributed by atoms with van der Waals surface area (Å²) in [5, 5.41) is 3.02. The van der Waals surface area contributed by atoms with E-state index in [1.165, 1.54) is 0 Å². The van der Waals surface area contributed by atoms with E-state index >= 15 is 0 Å². The van der Waals surface area contributed by atoms with Crippen molar-refractivity contribution < 1.29 is 9.21 Å². The van der Waals surface area contributed by atoms with Crippen LogP contribution in [-0.2, 0) is 0 Å². The van der Waals surface area contributed by atoms with Crippen LogP contribution in [0.25, 0.3) is 11.1 Å². The molecule has 4 heteroatoms. The average molecular weight is 258 g/mol. The minimum atomic E-state index is -0.0981. The summed E-state index contributed by atoms with van der Waals surface area (Å²) < 4.78 is 5.37. The van der Waals surface area contributed by atoms with Gasteiger partial charge >= 0.3 is 0 Å². The standard InChI is InChI=1S/C15H18N2O2/c1-16-9-10-17(2)15(18)14-13(8-11-19-14)12-6-4-3-5-7-12/h3-8,11,16H,9-10H2,1-2H3. The molecule has 2 rings (SSSR count). The highest BCUT2D eigenvalue weighted by Crippen LogP contribution is 2.25. The van der Waals surface area contributed by atoms with E-state index in [9.17, 15) is 4.79 Å². The number of amides is 1. The van der Waals surface area contributed by atoms with E-state index in [1.807, 2.05) is 43.4 Å². The van der Waals surface area contributed by atoms with Gasteiger partial charge in [0.05, 0.1) is 6.26 Å². The van der Waals surface area contributed by atoms with Gasteiger partial charge in [0.15, 0.2) is 5.76 Å². The average Bonchev–Trinajstić information content (AvgIpc) is 2.94. The number of nitrogens with one attached hydrogen (secondary N) is 1. The molecule has 0 radical (unpaired) electrons. The van der Waals surface area contributed by atoms with Crippen molar-refractivity contribution in [3.05, 3.63) is 48.4 Å². The van der Waals surface area contributed by atoms with Gasteiger partial charge in [0.1, 0.15) is 0 Å². The maximum atomic E-state index is 12.3. The summed E-state index contributed by atoms with van der Waals surface area (Å²) in [7, 11) is 3.64. The molecule has 0 unspecified atom stereocenters. The van der Waals surface area contributed by atoms with Crippen LogP contribution in [0.15, 0.2) is 47.1 Å². The van der Waals surface area contributed by atoms with Gasteiger partial charge in [-0.15, -0.1) is 0 Å². The third-order valence-electron chi connectivity index (χ3n) is 2.99. The summed E-state index contributed by atoms with van der Waals surface area (Å²) in [4.78, 5) is 14.0. The lowest BCUT2D eigenvalue weighted by Gasteiger charge is -2.16. The monoisotopic (exact) mass is 258 g/mol. The number of carbonyl (C=O) groups excluding carboxylic acids is 1. The van der Waals surface area contributed by atoms with Crippen molar-refractivity contribution >= 4 is 5.91 Å². The minimum absolute atomic E-state index is 0.0981. The van der Waals surface area contributed by atoms with Crippen molar-refractivity contribution in [1.82, 2.24) is 10.2 Å². The van der Waals surface area contributed by atoms with Gasteiger partial charge in [-0.3, -0.25) is 4.79 Å². The molecule has 1 heterocycles. The second kappa shape index (κ2) is 6.20. The molecule has 0 aliphatic carbocycles. The van der Waals surface area contributed by atoms with Gasteiger partial charge in [0.2, 0.25) is 0 Å². The van der Waals surface area contributed by atoms with Crippen LogP contribution in [0.1, 0.15) is 10.6 Å². The van der Waals surface area contributed by atoms with Crippen LogP contribution in [0.3, 0.4) is 0 Å². The Labute approximate surface area is 113 Å². The Morgan fingerprint density at radius 1 is 1.26 bits per heavy atom. The molecule has 0 bridgehead atoms. The lowest BCUT2D eigenvalue weighted by Crippen LogP contribution is -2.32. The highest BCUT2D eigenvalue weighted by Gasteiger charge is 2.19. The normalized spacial score (nSPS) is 10.4. The summed E-state index contributed by atoms with van der Waals surface area (Å²) in [6.07, 6.45) is 1.56.